The lowest BCUT2D eigenvalue weighted by molar-refractivity contribution is -0.139. The molecule has 32 heavy (non-hydrogen) atoms. The standard InChI is InChI=1S/C21H22Cl2N2O6S/c1-3-31-21(28)17-12-25(11-13-4-6-14(7-5-13)20(26)27)32(29,30)24(2)19(17)16-9-8-15(22)10-18(16)23/h4-10,12,19,29-30H,3,11H2,1-2H3,(H,26,27). The lowest BCUT2D eigenvalue weighted by atomic mass is 9.99. The predicted octanol–water partition coefficient (Wildman–Crippen LogP) is 5.21. The first-order valence-corrected chi connectivity index (χ1v) is 11.7. The van der Waals surface area contributed by atoms with Gasteiger partial charge in [0, 0.05) is 23.3 Å². The summed E-state index contributed by atoms with van der Waals surface area (Å²) < 4.78 is 29.8. The summed E-state index contributed by atoms with van der Waals surface area (Å²) in [7, 11) is -2.09. The van der Waals surface area contributed by atoms with Crippen molar-refractivity contribution in [3.8, 4) is 0 Å². The zero-order valence-corrected chi connectivity index (χ0v) is 19.6. The molecular weight excluding hydrogens is 479 g/mol. The minimum absolute atomic E-state index is 0.0105. The molecule has 0 saturated heterocycles. The van der Waals surface area contributed by atoms with Crippen LogP contribution in [0.3, 0.4) is 0 Å². The molecule has 0 saturated carbocycles. The Morgan fingerprint density at radius 3 is 2.34 bits per heavy atom. The molecule has 0 aromatic heterocycles. The fraction of sp³-hybridized carbons (Fsp3) is 0.238. The number of likely N-dealkylation sites (N-methyl/N-ethyl adjacent to an activating group) is 1. The second-order valence-electron chi connectivity index (χ2n) is 6.99. The molecule has 0 aliphatic carbocycles. The minimum Gasteiger partial charge on any atom is -0.478 e. The number of nitrogens with zero attached hydrogens (tertiary/aromatic N) is 2. The molecule has 11 heteroatoms. The summed E-state index contributed by atoms with van der Waals surface area (Å²) >= 11 is 12.4. The number of ether oxygens (including phenoxy) is 1. The molecule has 1 unspecified atom stereocenters. The number of aromatic carboxylic acids is 1. The Kier molecular flexibility index (Phi) is 7.39. The van der Waals surface area contributed by atoms with E-state index in [1.807, 2.05) is 0 Å². The van der Waals surface area contributed by atoms with Gasteiger partial charge in [0.25, 0.3) is 0 Å². The van der Waals surface area contributed by atoms with Crippen LogP contribution in [0.1, 0.15) is 34.5 Å². The highest BCUT2D eigenvalue weighted by molar-refractivity contribution is 8.20. The quantitative estimate of drug-likeness (QED) is 0.463. The van der Waals surface area contributed by atoms with Crippen LogP contribution in [-0.2, 0) is 16.1 Å². The number of carboxylic acid groups (broad SMARTS) is 1. The molecular formula is C21H22Cl2N2O6S. The Balaban J connectivity index is 2.06. The molecule has 0 bridgehead atoms. The van der Waals surface area contributed by atoms with E-state index in [-0.39, 0.29) is 29.3 Å². The van der Waals surface area contributed by atoms with Gasteiger partial charge in [-0.3, -0.25) is 13.4 Å². The van der Waals surface area contributed by atoms with E-state index in [2.05, 4.69) is 0 Å². The normalized spacial score (nSPS) is 19.2. The molecule has 172 valence electrons. The summed E-state index contributed by atoms with van der Waals surface area (Å²) in [6.07, 6.45) is 1.36. The lowest BCUT2D eigenvalue weighted by Crippen LogP contribution is -2.43. The molecule has 1 aliphatic rings. The topological polar surface area (TPSA) is 111 Å². The molecule has 8 nitrogen and oxygen atoms in total. The third-order valence-electron chi connectivity index (χ3n) is 4.95. The minimum atomic E-state index is -3.56. The van der Waals surface area contributed by atoms with Crippen LogP contribution in [0, 0.1) is 0 Å². The van der Waals surface area contributed by atoms with Crippen molar-refractivity contribution in [3.63, 3.8) is 0 Å². The SMILES string of the molecule is CCOC(=O)C1=CN(Cc2ccc(C(=O)O)cc2)S(O)(O)N(C)C1c1ccc(Cl)cc1Cl. The van der Waals surface area contributed by atoms with Gasteiger partial charge in [-0.1, -0.05) is 52.4 Å². The fourth-order valence-electron chi connectivity index (χ4n) is 3.33. The molecule has 0 radical (unpaired) electrons. The number of carbonyl (C=O) groups excluding carboxylic acids is 1. The van der Waals surface area contributed by atoms with Gasteiger partial charge in [0.2, 0.25) is 0 Å². The lowest BCUT2D eigenvalue weighted by Gasteiger charge is -2.53. The maximum absolute atomic E-state index is 12.8. The van der Waals surface area contributed by atoms with Crippen molar-refractivity contribution in [3.05, 3.63) is 81.0 Å². The van der Waals surface area contributed by atoms with Gasteiger partial charge in [-0.05, 0) is 42.3 Å². The van der Waals surface area contributed by atoms with Gasteiger partial charge in [-0.2, -0.15) is 4.31 Å². The largest absolute Gasteiger partial charge is 0.478 e. The van der Waals surface area contributed by atoms with E-state index in [1.54, 1.807) is 31.2 Å². The van der Waals surface area contributed by atoms with E-state index in [0.717, 1.165) is 0 Å². The number of hydrogen-bond donors (Lipinski definition) is 3. The van der Waals surface area contributed by atoms with Gasteiger partial charge in [0.05, 0.1) is 30.3 Å². The summed E-state index contributed by atoms with van der Waals surface area (Å²) in [5.74, 6) is -1.69. The highest BCUT2D eigenvalue weighted by Gasteiger charge is 2.42. The summed E-state index contributed by atoms with van der Waals surface area (Å²) in [6.45, 7) is 1.81. The third kappa shape index (κ3) is 4.88. The Morgan fingerprint density at radius 1 is 1.12 bits per heavy atom. The fourth-order valence-corrected chi connectivity index (χ4v) is 5.26. The second-order valence-corrected chi connectivity index (χ2v) is 9.86. The highest BCUT2D eigenvalue weighted by Crippen LogP contribution is 2.57. The zero-order chi connectivity index (χ0) is 23.6. The Morgan fingerprint density at radius 2 is 1.78 bits per heavy atom. The third-order valence-corrected chi connectivity index (χ3v) is 7.36. The van der Waals surface area contributed by atoms with Crippen LogP contribution in [0.2, 0.25) is 10.0 Å². The second kappa shape index (κ2) is 9.70. The molecule has 0 spiro atoms. The first-order chi connectivity index (χ1) is 15.1. The van der Waals surface area contributed by atoms with E-state index in [9.17, 15) is 18.7 Å². The molecule has 2 aromatic carbocycles. The molecule has 1 heterocycles. The molecule has 3 rings (SSSR count). The van der Waals surface area contributed by atoms with E-state index < -0.39 is 28.9 Å². The Bertz CT molecular complexity index is 1060. The summed E-state index contributed by atoms with van der Waals surface area (Å²) in [4.78, 5) is 23.9. The Hall–Kier alpha value is -2.27. The number of halogens is 2. The van der Waals surface area contributed by atoms with Crippen LogP contribution >= 0.6 is 34.2 Å². The van der Waals surface area contributed by atoms with Crippen molar-refractivity contribution in [1.29, 1.82) is 0 Å². The number of carbonyl (C=O) groups is 2. The summed E-state index contributed by atoms with van der Waals surface area (Å²) in [5.41, 5.74) is 1.34. The van der Waals surface area contributed by atoms with Crippen molar-refractivity contribution in [2.45, 2.75) is 19.5 Å². The Labute approximate surface area is 197 Å². The van der Waals surface area contributed by atoms with Gasteiger partial charge in [0.15, 0.2) is 0 Å². The van der Waals surface area contributed by atoms with Crippen molar-refractivity contribution in [1.82, 2.24) is 8.61 Å². The van der Waals surface area contributed by atoms with Crippen LogP contribution in [0.4, 0.5) is 0 Å². The van der Waals surface area contributed by atoms with Crippen LogP contribution in [0.5, 0.6) is 0 Å². The van der Waals surface area contributed by atoms with E-state index in [0.29, 0.717) is 16.1 Å². The first-order valence-electron chi connectivity index (χ1n) is 9.50. The average molecular weight is 501 g/mol. The van der Waals surface area contributed by atoms with Crippen LogP contribution in [-0.4, -0.2) is 48.4 Å². The monoisotopic (exact) mass is 500 g/mol. The molecule has 0 fully saturated rings. The van der Waals surface area contributed by atoms with E-state index in [1.165, 1.54) is 40.1 Å². The maximum Gasteiger partial charge on any atom is 0.337 e. The summed E-state index contributed by atoms with van der Waals surface area (Å²) in [6, 6.07) is 9.81. The van der Waals surface area contributed by atoms with Crippen molar-refractivity contribution < 1.29 is 28.5 Å². The van der Waals surface area contributed by atoms with Crippen LogP contribution < -0.4 is 0 Å². The number of rotatable bonds is 6. The van der Waals surface area contributed by atoms with Gasteiger partial charge >= 0.3 is 11.9 Å². The van der Waals surface area contributed by atoms with Crippen LogP contribution in [0.15, 0.2) is 54.2 Å². The number of hydrogen-bond acceptors (Lipinski definition) is 7. The first kappa shape index (κ1) is 24.4. The smallest absolute Gasteiger partial charge is 0.337 e. The maximum atomic E-state index is 12.8. The van der Waals surface area contributed by atoms with Gasteiger partial charge < -0.3 is 9.84 Å². The highest BCUT2D eigenvalue weighted by atomic mass is 35.5. The van der Waals surface area contributed by atoms with Gasteiger partial charge in [0.1, 0.15) is 0 Å². The predicted molar refractivity (Wildman–Crippen MR) is 123 cm³/mol. The van der Waals surface area contributed by atoms with Crippen molar-refractivity contribution in [2.75, 3.05) is 13.7 Å². The van der Waals surface area contributed by atoms with Gasteiger partial charge in [-0.15, -0.1) is 0 Å². The van der Waals surface area contributed by atoms with Gasteiger partial charge in [-0.25, -0.2) is 9.59 Å². The summed E-state index contributed by atoms with van der Waals surface area (Å²) in [5, 5.41) is 9.73. The molecule has 3 N–H and O–H groups in total. The van der Waals surface area contributed by atoms with E-state index in [4.69, 9.17) is 33.0 Å². The van der Waals surface area contributed by atoms with Crippen molar-refractivity contribution >= 4 is 46.1 Å². The average Bonchev–Trinajstić information content (AvgIpc) is 2.73. The molecule has 1 atom stereocenters. The zero-order valence-electron chi connectivity index (χ0n) is 17.2. The molecule has 2 aromatic rings. The molecule has 1 aliphatic heterocycles. The molecule has 0 amide bonds. The van der Waals surface area contributed by atoms with E-state index >= 15 is 0 Å². The number of carboxylic acids is 1. The number of benzene rings is 2. The number of esters is 1. The van der Waals surface area contributed by atoms with Crippen molar-refractivity contribution in [2.24, 2.45) is 0 Å². The van der Waals surface area contributed by atoms with Crippen LogP contribution in [0.25, 0.3) is 0 Å².